The van der Waals surface area contributed by atoms with Crippen LogP contribution in [0.4, 0.5) is 11.4 Å². The number of fused-ring (bicyclic) bond motifs is 1. The Hall–Kier alpha value is -2.44. The number of hydrogen-bond acceptors (Lipinski definition) is 3. The Morgan fingerprint density at radius 2 is 1.74 bits per heavy atom. The van der Waals surface area contributed by atoms with Gasteiger partial charge in [-0.2, -0.15) is 0 Å². The molecule has 1 aliphatic rings. The molecule has 0 fully saturated rings. The van der Waals surface area contributed by atoms with E-state index in [0.717, 1.165) is 20.7 Å². The van der Waals surface area contributed by atoms with Gasteiger partial charge in [0, 0.05) is 18.3 Å². The number of nitrogens with zero attached hydrogens (tertiary/aromatic N) is 2. The standard InChI is InChI=1S/C21H17BrN2O2S/c22-19-12-16(14-27-19)21(26)23-11-10-20(25)24(13-15-6-2-1-3-7-15)18-9-5-4-8-17(18)23/h1-9,12,14H,10-11,13H2. The average molecular weight is 441 g/mol. The van der Waals surface area contributed by atoms with E-state index in [0.29, 0.717) is 25.1 Å². The number of anilines is 2. The number of thiophene rings is 1. The van der Waals surface area contributed by atoms with Crippen molar-refractivity contribution in [2.24, 2.45) is 0 Å². The zero-order valence-electron chi connectivity index (χ0n) is 14.5. The summed E-state index contributed by atoms with van der Waals surface area (Å²) in [6, 6.07) is 19.3. The first-order chi connectivity index (χ1) is 13.1. The minimum atomic E-state index is -0.0845. The van der Waals surface area contributed by atoms with Gasteiger partial charge < -0.3 is 9.80 Å². The first kappa shape index (κ1) is 17.9. The molecule has 0 N–H and O–H groups in total. The SMILES string of the molecule is O=C1CCN(C(=O)c2csc(Br)c2)c2ccccc2N1Cc1ccccc1. The molecule has 3 aromatic rings. The predicted molar refractivity (Wildman–Crippen MR) is 112 cm³/mol. The first-order valence-corrected chi connectivity index (χ1v) is 10.3. The average Bonchev–Trinajstić information content (AvgIpc) is 3.08. The van der Waals surface area contributed by atoms with E-state index in [1.54, 1.807) is 9.80 Å². The summed E-state index contributed by atoms with van der Waals surface area (Å²) in [5.41, 5.74) is 3.23. The lowest BCUT2D eigenvalue weighted by Gasteiger charge is -2.25. The quantitative estimate of drug-likeness (QED) is 0.568. The van der Waals surface area contributed by atoms with E-state index in [4.69, 9.17) is 0 Å². The van der Waals surface area contributed by atoms with Crippen molar-refractivity contribution >= 4 is 50.5 Å². The number of hydrogen-bond donors (Lipinski definition) is 0. The van der Waals surface area contributed by atoms with E-state index in [2.05, 4.69) is 15.9 Å². The smallest absolute Gasteiger partial charge is 0.259 e. The van der Waals surface area contributed by atoms with Crippen LogP contribution in [0.2, 0.25) is 0 Å². The van der Waals surface area contributed by atoms with Crippen LogP contribution >= 0.6 is 27.3 Å². The number of carbonyl (C=O) groups excluding carboxylic acids is 2. The van der Waals surface area contributed by atoms with Crippen LogP contribution < -0.4 is 9.80 Å². The number of carbonyl (C=O) groups is 2. The summed E-state index contributed by atoms with van der Waals surface area (Å²) < 4.78 is 0.913. The molecule has 0 radical (unpaired) electrons. The Kier molecular flexibility index (Phi) is 5.09. The highest BCUT2D eigenvalue weighted by atomic mass is 79.9. The van der Waals surface area contributed by atoms with Gasteiger partial charge >= 0.3 is 0 Å². The molecule has 0 saturated carbocycles. The molecule has 1 aromatic heterocycles. The van der Waals surface area contributed by atoms with Gasteiger partial charge in [-0.25, -0.2) is 0 Å². The zero-order valence-corrected chi connectivity index (χ0v) is 16.9. The summed E-state index contributed by atoms with van der Waals surface area (Å²) >= 11 is 4.89. The largest absolute Gasteiger partial charge is 0.306 e. The van der Waals surface area contributed by atoms with E-state index < -0.39 is 0 Å². The van der Waals surface area contributed by atoms with Gasteiger partial charge in [0.25, 0.3) is 5.91 Å². The van der Waals surface area contributed by atoms with Gasteiger partial charge in [0.2, 0.25) is 5.91 Å². The van der Waals surface area contributed by atoms with Gasteiger partial charge in [0.1, 0.15) is 0 Å². The summed E-state index contributed by atoms with van der Waals surface area (Å²) in [7, 11) is 0. The van der Waals surface area contributed by atoms with Crippen molar-refractivity contribution in [3.63, 3.8) is 0 Å². The molecule has 136 valence electrons. The van der Waals surface area contributed by atoms with Gasteiger partial charge in [-0.15, -0.1) is 11.3 Å². The van der Waals surface area contributed by atoms with E-state index >= 15 is 0 Å². The van der Waals surface area contributed by atoms with Crippen molar-refractivity contribution in [3.05, 3.63) is 81.0 Å². The molecule has 2 aromatic carbocycles. The fourth-order valence-electron chi connectivity index (χ4n) is 3.25. The number of halogens is 1. The molecule has 27 heavy (non-hydrogen) atoms. The van der Waals surface area contributed by atoms with Gasteiger partial charge in [0.15, 0.2) is 0 Å². The third-order valence-corrected chi connectivity index (χ3v) is 6.06. The Labute approximate surface area is 170 Å². The van der Waals surface area contributed by atoms with Crippen molar-refractivity contribution in [1.82, 2.24) is 0 Å². The summed E-state index contributed by atoms with van der Waals surface area (Å²) in [6.07, 6.45) is 0.290. The normalized spacial score (nSPS) is 14.0. The van der Waals surface area contributed by atoms with Crippen LogP contribution in [-0.4, -0.2) is 18.4 Å². The maximum Gasteiger partial charge on any atom is 0.259 e. The Morgan fingerprint density at radius 3 is 2.44 bits per heavy atom. The highest BCUT2D eigenvalue weighted by Gasteiger charge is 2.30. The molecule has 0 bridgehead atoms. The molecule has 6 heteroatoms. The molecule has 0 unspecified atom stereocenters. The van der Waals surface area contributed by atoms with Crippen molar-refractivity contribution in [2.45, 2.75) is 13.0 Å². The fraction of sp³-hybridized carbons (Fsp3) is 0.143. The Morgan fingerprint density at radius 1 is 1.04 bits per heavy atom. The molecule has 4 rings (SSSR count). The van der Waals surface area contributed by atoms with E-state index in [1.165, 1.54) is 11.3 Å². The van der Waals surface area contributed by atoms with Crippen LogP contribution in [0.1, 0.15) is 22.3 Å². The van der Waals surface area contributed by atoms with Crippen LogP contribution in [0.25, 0.3) is 0 Å². The van der Waals surface area contributed by atoms with Crippen LogP contribution in [-0.2, 0) is 11.3 Å². The third kappa shape index (κ3) is 3.68. The van der Waals surface area contributed by atoms with Gasteiger partial charge in [-0.1, -0.05) is 42.5 Å². The minimum absolute atomic E-state index is 0.0214. The summed E-state index contributed by atoms with van der Waals surface area (Å²) in [5.74, 6) is -0.0631. The van der Waals surface area contributed by atoms with Crippen LogP contribution in [0.15, 0.2) is 69.8 Å². The van der Waals surface area contributed by atoms with Gasteiger partial charge in [-0.3, -0.25) is 9.59 Å². The number of rotatable bonds is 3. The molecular weight excluding hydrogens is 424 g/mol. The molecule has 1 aliphatic heterocycles. The maximum atomic E-state index is 13.1. The molecule has 0 saturated heterocycles. The summed E-state index contributed by atoms with van der Waals surface area (Å²) in [6.45, 7) is 0.857. The monoisotopic (exact) mass is 440 g/mol. The highest BCUT2D eigenvalue weighted by Crippen LogP contribution is 2.35. The van der Waals surface area contributed by atoms with Crippen LogP contribution in [0.5, 0.6) is 0 Å². The topological polar surface area (TPSA) is 40.6 Å². The van der Waals surface area contributed by atoms with Crippen LogP contribution in [0.3, 0.4) is 0 Å². The van der Waals surface area contributed by atoms with Crippen molar-refractivity contribution in [2.75, 3.05) is 16.3 Å². The van der Waals surface area contributed by atoms with Gasteiger partial charge in [0.05, 0.1) is 27.3 Å². The van der Waals surface area contributed by atoms with E-state index in [1.807, 2.05) is 66.0 Å². The lowest BCUT2D eigenvalue weighted by molar-refractivity contribution is -0.118. The molecular formula is C21H17BrN2O2S. The molecule has 0 atom stereocenters. The Bertz CT molecular complexity index is 987. The first-order valence-electron chi connectivity index (χ1n) is 8.63. The second kappa shape index (κ2) is 7.66. The third-order valence-electron chi connectivity index (χ3n) is 4.56. The van der Waals surface area contributed by atoms with Crippen molar-refractivity contribution in [1.29, 1.82) is 0 Å². The van der Waals surface area contributed by atoms with Crippen LogP contribution in [0, 0.1) is 0 Å². The molecule has 2 amide bonds. The maximum absolute atomic E-state index is 13.1. The number of amides is 2. The lowest BCUT2D eigenvalue weighted by Crippen LogP contribution is -2.32. The Balaban J connectivity index is 1.73. The summed E-state index contributed by atoms with van der Waals surface area (Å²) in [5, 5.41) is 1.84. The fourth-order valence-corrected chi connectivity index (χ4v) is 4.38. The van der Waals surface area contributed by atoms with Crippen molar-refractivity contribution in [3.8, 4) is 0 Å². The number of benzene rings is 2. The van der Waals surface area contributed by atoms with Gasteiger partial charge in [-0.05, 0) is 39.7 Å². The lowest BCUT2D eigenvalue weighted by atomic mass is 10.1. The van der Waals surface area contributed by atoms with E-state index in [-0.39, 0.29) is 11.8 Å². The second-order valence-corrected chi connectivity index (χ2v) is 8.59. The van der Waals surface area contributed by atoms with Crippen molar-refractivity contribution < 1.29 is 9.59 Å². The number of para-hydroxylation sites is 2. The zero-order chi connectivity index (χ0) is 18.8. The second-order valence-electron chi connectivity index (χ2n) is 6.30. The molecule has 0 aliphatic carbocycles. The van der Waals surface area contributed by atoms with E-state index in [9.17, 15) is 9.59 Å². The molecule has 2 heterocycles. The molecule has 0 spiro atoms. The minimum Gasteiger partial charge on any atom is -0.306 e. The summed E-state index contributed by atoms with van der Waals surface area (Å²) in [4.78, 5) is 29.4. The molecule has 4 nitrogen and oxygen atoms in total. The highest BCUT2D eigenvalue weighted by molar-refractivity contribution is 9.11. The predicted octanol–water partition coefficient (Wildman–Crippen LogP) is 5.09.